The fourth-order valence-electron chi connectivity index (χ4n) is 2.07. The second-order valence-corrected chi connectivity index (χ2v) is 5.76. The summed E-state index contributed by atoms with van der Waals surface area (Å²) in [7, 11) is 1.83. The van der Waals surface area contributed by atoms with E-state index in [4.69, 9.17) is 0 Å². The highest BCUT2D eigenvalue weighted by Crippen LogP contribution is 2.14. The first kappa shape index (κ1) is 14.8. The van der Waals surface area contributed by atoms with Crippen LogP contribution in [0.1, 0.15) is 28.4 Å². The summed E-state index contributed by atoms with van der Waals surface area (Å²) in [5.74, 6) is 0.0332. The molecule has 1 amide bonds. The van der Waals surface area contributed by atoms with Gasteiger partial charge in [-0.05, 0) is 35.7 Å². The van der Waals surface area contributed by atoms with Crippen LogP contribution >= 0.6 is 15.9 Å². The number of amides is 1. The van der Waals surface area contributed by atoms with Crippen molar-refractivity contribution < 1.29 is 4.79 Å². The highest BCUT2D eigenvalue weighted by atomic mass is 79.9. The molecule has 2 nitrogen and oxygen atoms in total. The Balaban J connectivity index is 2.07. The summed E-state index contributed by atoms with van der Waals surface area (Å²) < 4.78 is 0.920. The Bertz CT molecular complexity index is 592. The van der Waals surface area contributed by atoms with E-state index < -0.39 is 0 Å². The number of nitrogens with zero attached hydrogens (tertiary/aromatic N) is 1. The maximum absolute atomic E-state index is 12.3. The number of hydrogen-bond acceptors (Lipinski definition) is 1. The van der Waals surface area contributed by atoms with E-state index in [9.17, 15) is 4.79 Å². The molecule has 0 spiro atoms. The summed E-state index contributed by atoms with van der Waals surface area (Å²) in [6, 6.07) is 15.9. The van der Waals surface area contributed by atoms with E-state index >= 15 is 0 Å². The van der Waals surface area contributed by atoms with E-state index in [-0.39, 0.29) is 5.91 Å². The topological polar surface area (TPSA) is 20.3 Å². The standard InChI is InChI=1S/C17H18BrNO/c1-3-13-7-9-14(10-8-13)12-19(2)17(20)15-5-4-6-16(18)11-15/h4-11H,3,12H2,1-2H3. The highest BCUT2D eigenvalue weighted by Gasteiger charge is 2.12. The van der Waals surface area contributed by atoms with Crippen LogP contribution in [0.4, 0.5) is 0 Å². The molecule has 0 aliphatic rings. The van der Waals surface area contributed by atoms with Crippen molar-refractivity contribution in [1.29, 1.82) is 0 Å². The number of halogens is 1. The first-order valence-corrected chi connectivity index (χ1v) is 7.48. The number of hydrogen-bond donors (Lipinski definition) is 0. The predicted octanol–water partition coefficient (Wildman–Crippen LogP) is 4.28. The lowest BCUT2D eigenvalue weighted by Gasteiger charge is -2.17. The average Bonchev–Trinajstić information content (AvgIpc) is 2.47. The average molecular weight is 332 g/mol. The van der Waals surface area contributed by atoms with Crippen molar-refractivity contribution in [2.24, 2.45) is 0 Å². The molecule has 104 valence electrons. The summed E-state index contributed by atoms with van der Waals surface area (Å²) in [6.45, 7) is 2.76. The summed E-state index contributed by atoms with van der Waals surface area (Å²) in [4.78, 5) is 14.1. The van der Waals surface area contributed by atoms with Gasteiger partial charge in [-0.25, -0.2) is 0 Å². The van der Waals surface area contributed by atoms with E-state index in [2.05, 4.69) is 47.1 Å². The van der Waals surface area contributed by atoms with Crippen LogP contribution in [0, 0.1) is 0 Å². The van der Waals surface area contributed by atoms with Gasteiger partial charge in [0.15, 0.2) is 0 Å². The van der Waals surface area contributed by atoms with Crippen molar-refractivity contribution >= 4 is 21.8 Å². The third kappa shape index (κ3) is 3.70. The highest BCUT2D eigenvalue weighted by molar-refractivity contribution is 9.10. The van der Waals surface area contributed by atoms with E-state index in [1.165, 1.54) is 5.56 Å². The van der Waals surface area contributed by atoms with Gasteiger partial charge in [0.25, 0.3) is 5.91 Å². The molecule has 0 radical (unpaired) electrons. The predicted molar refractivity (Wildman–Crippen MR) is 85.8 cm³/mol. The Morgan fingerprint density at radius 3 is 2.35 bits per heavy atom. The van der Waals surface area contributed by atoms with Gasteiger partial charge in [-0.1, -0.05) is 53.2 Å². The molecule has 0 aliphatic carbocycles. The second kappa shape index (κ2) is 6.71. The fraction of sp³-hybridized carbons (Fsp3) is 0.235. The van der Waals surface area contributed by atoms with Crippen molar-refractivity contribution in [1.82, 2.24) is 4.90 Å². The van der Waals surface area contributed by atoms with Crippen molar-refractivity contribution in [2.75, 3.05) is 7.05 Å². The van der Waals surface area contributed by atoms with Gasteiger partial charge < -0.3 is 4.90 Å². The van der Waals surface area contributed by atoms with Gasteiger partial charge >= 0.3 is 0 Å². The molecule has 0 fully saturated rings. The maximum atomic E-state index is 12.3. The molecule has 2 aromatic rings. The van der Waals surface area contributed by atoms with Crippen LogP contribution in [0.5, 0.6) is 0 Å². The monoisotopic (exact) mass is 331 g/mol. The van der Waals surface area contributed by atoms with E-state index in [0.717, 1.165) is 16.5 Å². The third-order valence-corrected chi connectivity index (χ3v) is 3.76. The van der Waals surface area contributed by atoms with Crippen LogP contribution in [-0.2, 0) is 13.0 Å². The number of aryl methyl sites for hydroxylation is 1. The molecular formula is C17H18BrNO. The molecule has 0 N–H and O–H groups in total. The Morgan fingerprint density at radius 2 is 1.75 bits per heavy atom. The molecule has 0 unspecified atom stereocenters. The SMILES string of the molecule is CCc1ccc(CN(C)C(=O)c2cccc(Br)c2)cc1. The summed E-state index contributed by atoms with van der Waals surface area (Å²) in [5.41, 5.74) is 3.16. The molecule has 2 rings (SSSR count). The summed E-state index contributed by atoms with van der Waals surface area (Å²) in [6.07, 6.45) is 1.03. The van der Waals surface area contributed by atoms with Crippen molar-refractivity contribution in [3.8, 4) is 0 Å². The number of rotatable bonds is 4. The van der Waals surface area contributed by atoms with Crippen LogP contribution in [0.2, 0.25) is 0 Å². The van der Waals surface area contributed by atoms with E-state index in [1.807, 2.05) is 31.3 Å². The normalized spacial score (nSPS) is 10.3. The van der Waals surface area contributed by atoms with Gasteiger partial charge in [0, 0.05) is 23.6 Å². The van der Waals surface area contributed by atoms with Crippen LogP contribution in [0.3, 0.4) is 0 Å². The quantitative estimate of drug-likeness (QED) is 0.818. The minimum Gasteiger partial charge on any atom is -0.337 e. The molecule has 0 aliphatic heterocycles. The number of benzene rings is 2. The van der Waals surface area contributed by atoms with Gasteiger partial charge in [-0.15, -0.1) is 0 Å². The van der Waals surface area contributed by atoms with Crippen LogP contribution < -0.4 is 0 Å². The van der Waals surface area contributed by atoms with Gasteiger partial charge in [0.05, 0.1) is 0 Å². The molecule has 0 heterocycles. The van der Waals surface area contributed by atoms with Crippen molar-refractivity contribution in [3.05, 3.63) is 69.7 Å². The molecule has 0 saturated carbocycles. The Hall–Kier alpha value is -1.61. The lowest BCUT2D eigenvalue weighted by molar-refractivity contribution is 0.0785. The molecule has 0 aromatic heterocycles. The van der Waals surface area contributed by atoms with Gasteiger partial charge in [-0.3, -0.25) is 4.79 Å². The first-order valence-electron chi connectivity index (χ1n) is 6.69. The minimum absolute atomic E-state index is 0.0332. The largest absolute Gasteiger partial charge is 0.337 e. The lowest BCUT2D eigenvalue weighted by Crippen LogP contribution is -2.26. The molecule has 0 bridgehead atoms. The maximum Gasteiger partial charge on any atom is 0.253 e. The fourth-order valence-corrected chi connectivity index (χ4v) is 2.47. The number of carbonyl (C=O) groups is 1. The van der Waals surface area contributed by atoms with E-state index in [0.29, 0.717) is 12.1 Å². The first-order chi connectivity index (χ1) is 9.60. The lowest BCUT2D eigenvalue weighted by atomic mass is 10.1. The number of carbonyl (C=O) groups excluding carboxylic acids is 1. The zero-order valence-corrected chi connectivity index (χ0v) is 13.4. The Labute approximate surface area is 128 Å². The molecule has 0 atom stereocenters. The van der Waals surface area contributed by atoms with Crippen LogP contribution in [0.25, 0.3) is 0 Å². The summed E-state index contributed by atoms with van der Waals surface area (Å²) >= 11 is 3.39. The molecule has 2 aromatic carbocycles. The third-order valence-electron chi connectivity index (χ3n) is 3.27. The van der Waals surface area contributed by atoms with Crippen LogP contribution in [-0.4, -0.2) is 17.9 Å². The minimum atomic E-state index is 0.0332. The van der Waals surface area contributed by atoms with Crippen LogP contribution in [0.15, 0.2) is 53.0 Å². The molecule has 20 heavy (non-hydrogen) atoms. The van der Waals surface area contributed by atoms with Crippen molar-refractivity contribution in [3.63, 3.8) is 0 Å². The Morgan fingerprint density at radius 1 is 1.10 bits per heavy atom. The smallest absolute Gasteiger partial charge is 0.253 e. The zero-order valence-electron chi connectivity index (χ0n) is 11.8. The van der Waals surface area contributed by atoms with Gasteiger partial charge in [0.2, 0.25) is 0 Å². The molecule has 3 heteroatoms. The van der Waals surface area contributed by atoms with Crippen molar-refractivity contribution in [2.45, 2.75) is 19.9 Å². The molecular weight excluding hydrogens is 314 g/mol. The molecule has 0 saturated heterocycles. The van der Waals surface area contributed by atoms with Gasteiger partial charge in [0.1, 0.15) is 0 Å². The van der Waals surface area contributed by atoms with Gasteiger partial charge in [-0.2, -0.15) is 0 Å². The second-order valence-electron chi connectivity index (χ2n) is 4.84. The summed E-state index contributed by atoms with van der Waals surface area (Å²) in [5, 5.41) is 0. The van der Waals surface area contributed by atoms with E-state index in [1.54, 1.807) is 4.90 Å². The zero-order chi connectivity index (χ0) is 14.5. The Kier molecular flexibility index (Phi) is 4.96.